The van der Waals surface area contributed by atoms with Crippen LogP contribution >= 0.6 is 0 Å². The maximum Gasteiger partial charge on any atom is 0.138 e. The molecule has 88 valence electrons. The largest absolute Gasteiger partial charge is 0.508 e. The van der Waals surface area contributed by atoms with Crippen molar-refractivity contribution in [2.45, 2.75) is 37.9 Å². The van der Waals surface area contributed by atoms with Crippen LogP contribution in [0.1, 0.15) is 31.7 Å². The molecule has 1 aliphatic heterocycles. The van der Waals surface area contributed by atoms with Crippen LogP contribution in [0.3, 0.4) is 0 Å². The van der Waals surface area contributed by atoms with E-state index in [1.165, 1.54) is 6.07 Å². The summed E-state index contributed by atoms with van der Waals surface area (Å²) in [6.07, 6.45) is 2.55. The molecule has 2 rings (SSSR count). The van der Waals surface area contributed by atoms with Gasteiger partial charge in [0, 0.05) is 18.0 Å². The van der Waals surface area contributed by atoms with Gasteiger partial charge in [0.2, 0.25) is 0 Å². The van der Waals surface area contributed by atoms with Crippen LogP contribution in [-0.2, 0) is 5.67 Å². The SMILES string of the molecule is CC(F)(CC1CCCN1)c1ccccc1O. The Labute approximate surface area is 95.5 Å². The highest BCUT2D eigenvalue weighted by molar-refractivity contribution is 5.36. The lowest BCUT2D eigenvalue weighted by molar-refractivity contribution is 0.155. The molecule has 0 spiro atoms. The van der Waals surface area contributed by atoms with E-state index in [0.717, 1.165) is 19.4 Å². The van der Waals surface area contributed by atoms with Gasteiger partial charge in [-0.3, -0.25) is 0 Å². The van der Waals surface area contributed by atoms with Crippen molar-refractivity contribution in [2.24, 2.45) is 0 Å². The van der Waals surface area contributed by atoms with E-state index in [-0.39, 0.29) is 11.8 Å². The van der Waals surface area contributed by atoms with Gasteiger partial charge in [-0.15, -0.1) is 0 Å². The third-order valence-corrected chi connectivity index (χ3v) is 3.26. The van der Waals surface area contributed by atoms with Crippen molar-refractivity contribution in [2.75, 3.05) is 6.54 Å². The van der Waals surface area contributed by atoms with Gasteiger partial charge in [-0.05, 0) is 32.4 Å². The molecule has 0 amide bonds. The Balaban J connectivity index is 2.14. The number of halogens is 1. The minimum Gasteiger partial charge on any atom is -0.508 e. The molecule has 1 aromatic carbocycles. The molecule has 3 heteroatoms. The maximum absolute atomic E-state index is 14.5. The van der Waals surface area contributed by atoms with Crippen molar-refractivity contribution in [3.8, 4) is 5.75 Å². The molecule has 0 aromatic heterocycles. The molecule has 1 heterocycles. The smallest absolute Gasteiger partial charge is 0.138 e. The van der Waals surface area contributed by atoms with Gasteiger partial charge in [-0.25, -0.2) is 4.39 Å². The standard InChI is InChI=1S/C13H18FNO/c1-13(14,9-10-5-4-8-15-10)11-6-2-3-7-12(11)16/h2-3,6-7,10,15-16H,4-5,8-9H2,1H3. The second-order valence-corrected chi connectivity index (χ2v) is 4.71. The van der Waals surface area contributed by atoms with Crippen LogP contribution in [0.15, 0.2) is 24.3 Å². The van der Waals surface area contributed by atoms with E-state index in [9.17, 15) is 9.50 Å². The summed E-state index contributed by atoms with van der Waals surface area (Å²) < 4.78 is 14.5. The molecule has 2 atom stereocenters. The summed E-state index contributed by atoms with van der Waals surface area (Å²) in [6.45, 7) is 2.52. The molecular formula is C13H18FNO. The number of rotatable bonds is 3. The molecule has 2 unspecified atom stereocenters. The highest BCUT2D eigenvalue weighted by atomic mass is 19.1. The number of phenols is 1. The third kappa shape index (κ3) is 2.35. The summed E-state index contributed by atoms with van der Waals surface area (Å²) in [6, 6.07) is 6.90. The van der Waals surface area contributed by atoms with Crippen molar-refractivity contribution in [1.82, 2.24) is 5.32 Å². The molecule has 0 radical (unpaired) electrons. The Kier molecular flexibility index (Phi) is 3.15. The van der Waals surface area contributed by atoms with E-state index in [0.29, 0.717) is 12.0 Å². The van der Waals surface area contributed by atoms with Gasteiger partial charge in [-0.1, -0.05) is 18.2 Å². The van der Waals surface area contributed by atoms with Crippen LogP contribution in [0.4, 0.5) is 4.39 Å². The van der Waals surface area contributed by atoms with Gasteiger partial charge < -0.3 is 10.4 Å². The maximum atomic E-state index is 14.5. The predicted octanol–water partition coefficient (Wildman–Crippen LogP) is 2.72. The van der Waals surface area contributed by atoms with E-state index in [4.69, 9.17) is 0 Å². The summed E-state index contributed by atoms with van der Waals surface area (Å²) >= 11 is 0. The van der Waals surface area contributed by atoms with E-state index in [2.05, 4.69) is 5.32 Å². The van der Waals surface area contributed by atoms with Crippen molar-refractivity contribution < 1.29 is 9.50 Å². The first-order valence-electron chi connectivity index (χ1n) is 5.80. The summed E-state index contributed by atoms with van der Waals surface area (Å²) in [4.78, 5) is 0. The van der Waals surface area contributed by atoms with E-state index < -0.39 is 5.67 Å². The number of hydrogen-bond acceptors (Lipinski definition) is 2. The van der Waals surface area contributed by atoms with Gasteiger partial charge >= 0.3 is 0 Å². The molecule has 1 aromatic rings. The van der Waals surface area contributed by atoms with E-state index in [1.807, 2.05) is 0 Å². The quantitative estimate of drug-likeness (QED) is 0.825. The molecule has 0 saturated carbocycles. The lowest BCUT2D eigenvalue weighted by Gasteiger charge is -2.25. The number of para-hydroxylation sites is 1. The van der Waals surface area contributed by atoms with Gasteiger partial charge in [-0.2, -0.15) is 0 Å². The van der Waals surface area contributed by atoms with Crippen LogP contribution in [0, 0.1) is 0 Å². The fourth-order valence-electron chi connectivity index (χ4n) is 2.42. The summed E-state index contributed by atoms with van der Waals surface area (Å²) in [5.41, 5.74) is -1.07. The fourth-order valence-corrected chi connectivity index (χ4v) is 2.42. The molecular weight excluding hydrogens is 205 g/mol. The zero-order valence-corrected chi connectivity index (χ0v) is 9.54. The molecule has 2 N–H and O–H groups in total. The monoisotopic (exact) mass is 223 g/mol. The second kappa shape index (κ2) is 4.42. The Morgan fingerprint density at radius 1 is 1.50 bits per heavy atom. The minimum absolute atomic E-state index is 0.0468. The first-order chi connectivity index (χ1) is 7.59. The van der Waals surface area contributed by atoms with Gasteiger partial charge in [0.1, 0.15) is 11.4 Å². The summed E-state index contributed by atoms with van der Waals surface area (Å²) in [7, 11) is 0. The van der Waals surface area contributed by atoms with Crippen LogP contribution < -0.4 is 5.32 Å². The van der Waals surface area contributed by atoms with Crippen LogP contribution in [0.25, 0.3) is 0 Å². The first-order valence-corrected chi connectivity index (χ1v) is 5.80. The van der Waals surface area contributed by atoms with Crippen LogP contribution in [0.2, 0.25) is 0 Å². The van der Waals surface area contributed by atoms with Crippen LogP contribution in [-0.4, -0.2) is 17.7 Å². The van der Waals surface area contributed by atoms with E-state index in [1.54, 1.807) is 25.1 Å². The van der Waals surface area contributed by atoms with E-state index >= 15 is 0 Å². The molecule has 2 nitrogen and oxygen atoms in total. The van der Waals surface area contributed by atoms with Crippen molar-refractivity contribution >= 4 is 0 Å². The van der Waals surface area contributed by atoms with Crippen LogP contribution in [0.5, 0.6) is 5.75 Å². The van der Waals surface area contributed by atoms with Gasteiger partial charge in [0.25, 0.3) is 0 Å². The summed E-state index contributed by atoms with van der Waals surface area (Å²) in [5.74, 6) is 0.0468. The number of phenolic OH excluding ortho intramolecular Hbond substituents is 1. The van der Waals surface area contributed by atoms with Gasteiger partial charge in [0.05, 0.1) is 0 Å². The highest BCUT2D eigenvalue weighted by Gasteiger charge is 2.32. The third-order valence-electron chi connectivity index (χ3n) is 3.26. The zero-order chi connectivity index (χ0) is 11.6. The average molecular weight is 223 g/mol. The number of nitrogens with one attached hydrogen (secondary N) is 1. The zero-order valence-electron chi connectivity index (χ0n) is 9.54. The number of alkyl halides is 1. The lowest BCUT2D eigenvalue weighted by atomic mass is 9.89. The Bertz CT molecular complexity index is 359. The normalized spacial score (nSPS) is 24.2. The van der Waals surface area contributed by atoms with Crippen molar-refractivity contribution in [3.63, 3.8) is 0 Å². The Hall–Kier alpha value is -1.09. The number of benzene rings is 1. The Morgan fingerprint density at radius 3 is 2.88 bits per heavy atom. The topological polar surface area (TPSA) is 32.3 Å². The van der Waals surface area contributed by atoms with Gasteiger partial charge in [0.15, 0.2) is 0 Å². The molecule has 1 saturated heterocycles. The minimum atomic E-state index is -1.46. The van der Waals surface area contributed by atoms with Crippen molar-refractivity contribution in [3.05, 3.63) is 29.8 Å². The predicted molar refractivity (Wildman–Crippen MR) is 62.2 cm³/mol. The second-order valence-electron chi connectivity index (χ2n) is 4.71. The first kappa shape index (κ1) is 11.4. The average Bonchev–Trinajstić information content (AvgIpc) is 2.70. The molecule has 0 aliphatic carbocycles. The Morgan fingerprint density at radius 2 is 2.25 bits per heavy atom. The number of aromatic hydroxyl groups is 1. The van der Waals surface area contributed by atoms with Crippen molar-refractivity contribution in [1.29, 1.82) is 0 Å². The molecule has 1 fully saturated rings. The molecule has 1 aliphatic rings. The highest BCUT2D eigenvalue weighted by Crippen LogP contribution is 2.37. The lowest BCUT2D eigenvalue weighted by Crippen LogP contribution is -2.30. The molecule has 16 heavy (non-hydrogen) atoms. The molecule has 0 bridgehead atoms. The summed E-state index contributed by atoms with van der Waals surface area (Å²) in [5, 5.41) is 12.9. The fraction of sp³-hybridized carbons (Fsp3) is 0.538. The number of hydrogen-bond donors (Lipinski definition) is 2.